The largest absolute Gasteiger partial charge is 0.505 e. The van der Waals surface area contributed by atoms with Gasteiger partial charge in [-0.2, -0.15) is 0 Å². The van der Waals surface area contributed by atoms with Crippen LogP contribution in [0.2, 0.25) is 0 Å². The van der Waals surface area contributed by atoms with Crippen LogP contribution in [0, 0.1) is 6.92 Å². The fourth-order valence-corrected chi connectivity index (χ4v) is 3.45. The Bertz CT molecular complexity index is 979. The first-order valence-corrected chi connectivity index (χ1v) is 9.72. The smallest absolute Gasteiger partial charge is 0.257 e. The number of nitrogens with zero attached hydrogens (tertiary/aromatic N) is 1. The molecule has 1 unspecified atom stereocenters. The Morgan fingerprint density at radius 1 is 1.17 bits per heavy atom. The zero-order valence-electron chi connectivity index (χ0n) is 17.2. The molecule has 1 aliphatic rings. The number of phenols is 1. The summed E-state index contributed by atoms with van der Waals surface area (Å²) in [5.74, 6) is -0.497. The molecule has 29 heavy (non-hydrogen) atoms. The maximum atomic E-state index is 12.2. The van der Waals surface area contributed by atoms with Crippen LogP contribution in [0.1, 0.15) is 47.3 Å². The van der Waals surface area contributed by atoms with Gasteiger partial charge in [-0.05, 0) is 36.6 Å². The number of benzene rings is 2. The highest BCUT2D eigenvalue weighted by atomic mass is 16.3. The minimum absolute atomic E-state index is 0.0316. The van der Waals surface area contributed by atoms with Crippen molar-refractivity contribution in [3.8, 4) is 5.75 Å². The Balaban J connectivity index is 1.86. The Morgan fingerprint density at radius 3 is 2.52 bits per heavy atom. The van der Waals surface area contributed by atoms with E-state index in [1.165, 1.54) is 16.0 Å². The SMILES string of the molecule is CCC(NC1=C(Nc2cccc(C(=O)N(C)C)c2O)C(=O)C1)c1ccccc1C. The highest BCUT2D eigenvalue weighted by Gasteiger charge is 2.30. The molecule has 1 aliphatic carbocycles. The number of amides is 1. The van der Waals surface area contributed by atoms with Gasteiger partial charge in [-0.25, -0.2) is 0 Å². The van der Waals surface area contributed by atoms with E-state index in [0.717, 1.165) is 12.1 Å². The molecule has 0 saturated heterocycles. The predicted molar refractivity (Wildman–Crippen MR) is 114 cm³/mol. The number of hydrogen-bond donors (Lipinski definition) is 3. The van der Waals surface area contributed by atoms with E-state index in [9.17, 15) is 14.7 Å². The normalized spacial score (nSPS) is 14.3. The molecule has 3 N–H and O–H groups in total. The lowest BCUT2D eigenvalue weighted by Gasteiger charge is -2.30. The number of aromatic hydroxyl groups is 1. The standard InChI is InChI=1S/C23H27N3O3/c1-5-17(15-10-7-6-9-14(15)2)24-19-13-20(27)21(19)25-18-12-8-11-16(22(18)28)23(29)26(3)4/h6-12,17,24-25,28H,5,13H2,1-4H3. The Kier molecular flexibility index (Phi) is 5.92. The number of aryl methyl sites for hydroxylation is 1. The van der Waals surface area contributed by atoms with Crippen molar-refractivity contribution in [3.05, 3.63) is 70.5 Å². The van der Waals surface area contributed by atoms with Gasteiger partial charge in [0.25, 0.3) is 5.91 Å². The van der Waals surface area contributed by atoms with E-state index in [1.54, 1.807) is 32.3 Å². The summed E-state index contributed by atoms with van der Waals surface area (Å²) in [5.41, 5.74) is 4.16. The third-order valence-electron chi connectivity index (χ3n) is 5.17. The second-order valence-electron chi connectivity index (χ2n) is 7.44. The quantitative estimate of drug-likeness (QED) is 0.625. The average Bonchev–Trinajstić information content (AvgIpc) is 2.70. The van der Waals surface area contributed by atoms with Gasteiger partial charge in [-0.1, -0.05) is 37.3 Å². The van der Waals surface area contributed by atoms with E-state index in [0.29, 0.717) is 17.8 Å². The lowest BCUT2D eigenvalue weighted by Crippen LogP contribution is -2.34. The number of hydrogen-bond acceptors (Lipinski definition) is 5. The van der Waals surface area contributed by atoms with Gasteiger partial charge in [0.2, 0.25) is 0 Å². The van der Waals surface area contributed by atoms with E-state index < -0.39 is 0 Å². The first-order valence-electron chi connectivity index (χ1n) is 9.72. The first-order chi connectivity index (χ1) is 13.8. The van der Waals surface area contributed by atoms with Crippen molar-refractivity contribution in [1.82, 2.24) is 10.2 Å². The maximum Gasteiger partial charge on any atom is 0.257 e. The number of anilines is 1. The number of carbonyl (C=O) groups is 2. The molecular formula is C23H27N3O3. The molecule has 6 heteroatoms. The summed E-state index contributed by atoms with van der Waals surface area (Å²) >= 11 is 0. The van der Waals surface area contributed by atoms with Crippen molar-refractivity contribution in [2.75, 3.05) is 19.4 Å². The minimum atomic E-state index is -0.302. The van der Waals surface area contributed by atoms with Crippen molar-refractivity contribution in [1.29, 1.82) is 0 Å². The molecule has 0 bridgehead atoms. The number of ketones is 1. The number of allylic oxidation sites excluding steroid dienone is 2. The lowest BCUT2D eigenvalue weighted by atomic mass is 9.94. The molecular weight excluding hydrogens is 366 g/mol. The molecule has 0 aromatic heterocycles. The molecule has 0 fully saturated rings. The molecule has 6 nitrogen and oxygen atoms in total. The third kappa shape index (κ3) is 4.11. The van der Waals surface area contributed by atoms with Crippen LogP contribution in [0.3, 0.4) is 0 Å². The second-order valence-corrected chi connectivity index (χ2v) is 7.44. The predicted octanol–water partition coefficient (Wildman–Crippen LogP) is 3.74. The number of phenolic OH excluding ortho intramolecular Hbond substituents is 1. The summed E-state index contributed by atoms with van der Waals surface area (Å²) in [4.78, 5) is 25.9. The third-order valence-corrected chi connectivity index (χ3v) is 5.17. The summed E-state index contributed by atoms with van der Waals surface area (Å²) in [6.07, 6.45) is 1.19. The van der Waals surface area contributed by atoms with Crippen molar-refractivity contribution in [2.45, 2.75) is 32.7 Å². The van der Waals surface area contributed by atoms with Crippen LogP contribution in [-0.4, -0.2) is 35.8 Å². The average molecular weight is 393 g/mol. The second kappa shape index (κ2) is 8.39. The van der Waals surface area contributed by atoms with Crippen LogP contribution >= 0.6 is 0 Å². The van der Waals surface area contributed by atoms with Gasteiger partial charge < -0.3 is 20.6 Å². The molecule has 2 aromatic carbocycles. The topological polar surface area (TPSA) is 81.7 Å². The minimum Gasteiger partial charge on any atom is -0.505 e. The molecule has 0 spiro atoms. The summed E-state index contributed by atoms with van der Waals surface area (Å²) in [7, 11) is 3.25. The molecule has 3 rings (SSSR count). The van der Waals surface area contributed by atoms with Crippen molar-refractivity contribution >= 4 is 17.4 Å². The van der Waals surface area contributed by atoms with E-state index in [-0.39, 0.29) is 29.0 Å². The van der Waals surface area contributed by atoms with Crippen LogP contribution in [-0.2, 0) is 4.79 Å². The van der Waals surface area contributed by atoms with E-state index in [1.807, 2.05) is 12.1 Å². The number of para-hydroxylation sites is 1. The number of carbonyl (C=O) groups excluding carboxylic acids is 2. The van der Waals surface area contributed by atoms with Crippen LogP contribution in [0.5, 0.6) is 5.75 Å². The van der Waals surface area contributed by atoms with Crippen molar-refractivity contribution < 1.29 is 14.7 Å². The molecule has 0 radical (unpaired) electrons. The Labute approximate surface area is 171 Å². The molecule has 1 amide bonds. The molecule has 0 aliphatic heterocycles. The van der Waals surface area contributed by atoms with Crippen molar-refractivity contribution in [2.24, 2.45) is 0 Å². The van der Waals surface area contributed by atoms with Gasteiger partial charge >= 0.3 is 0 Å². The van der Waals surface area contributed by atoms with E-state index in [2.05, 4.69) is 36.6 Å². The molecule has 2 aromatic rings. The first kappa shape index (κ1) is 20.5. The zero-order valence-corrected chi connectivity index (χ0v) is 17.2. The Hall–Kier alpha value is -3.28. The van der Waals surface area contributed by atoms with Gasteiger partial charge in [0.05, 0.1) is 23.7 Å². The highest BCUT2D eigenvalue weighted by molar-refractivity contribution is 6.07. The van der Waals surface area contributed by atoms with Gasteiger partial charge in [-0.3, -0.25) is 9.59 Å². The number of Topliss-reactive ketones (excluding diaryl/α,β-unsaturated/α-hetero) is 1. The monoisotopic (exact) mass is 393 g/mol. The van der Waals surface area contributed by atoms with Crippen LogP contribution in [0.15, 0.2) is 53.9 Å². The molecule has 1 atom stereocenters. The fraction of sp³-hybridized carbons (Fsp3) is 0.304. The number of rotatable bonds is 7. The van der Waals surface area contributed by atoms with Gasteiger partial charge in [0.15, 0.2) is 11.5 Å². The zero-order chi connectivity index (χ0) is 21.1. The number of nitrogens with one attached hydrogen (secondary N) is 2. The molecule has 0 saturated carbocycles. The molecule has 152 valence electrons. The van der Waals surface area contributed by atoms with E-state index in [4.69, 9.17) is 0 Å². The van der Waals surface area contributed by atoms with Crippen LogP contribution < -0.4 is 10.6 Å². The van der Waals surface area contributed by atoms with Gasteiger partial charge in [0.1, 0.15) is 5.70 Å². The molecule has 0 heterocycles. The fourth-order valence-electron chi connectivity index (χ4n) is 3.45. The lowest BCUT2D eigenvalue weighted by molar-refractivity contribution is -0.116. The van der Waals surface area contributed by atoms with Gasteiger partial charge in [-0.15, -0.1) is 0 Å². The summed E-state index contributed by atoms with van der Waals surface area (Å²) in [6, 6.07) is 13.2. The Morgan fingerprint density at radius 2 is 1.90 bits per heavy atom. The highest BCUT2D eigenvalue weighted by Crippen LogP contribution is 2.33. The van der Waals surface area contributed by atoms with Crippen LogP contribution in [0.4, 0.5) is 5.69 Å². The van der Waals surface area contributed by atoms with Crippen LogP contribution in [0.25, 0.3) is 0 Å². The van der Waals surface area contributed by atoms with E-state index >= 15 is 0 Å². The summed E-state index contributed by atoms with van der Waals surface area (Å²) in [5, 5.41) is 17.0. The maximum absolute atomic E-state index is 12.2. The van der Waals surface area contributed by atoms with Gasteiger partial charge in [0, 0.05) is 19.8 Å². The summed E-state index contributed by atoms with van der Waals surface area (Å²) in [6.45, 7) is 4.17. The summed E-state index contributed by atoms with van der Waals surface area (Å²) < 4.78 is 0. The van der Waals surface area contributed by atoms with Crippen molar-refractivity contribution in [3.63, 3.8) is 0 Å².